The van der Waals surface area contributed by atoms with E-state index in [1.807, 2.05) is 0 Å². The van der Waals surface area contributed by atoms with Crippen LogP contribution in [0.2, 0.25) is 0 Å². The molecule has 0 saturated heterocycles. The van der Waals surface area contributed by atoms with Crippen LogP contribution < -0.4 is 5.73 Å². The predicted octanol–water partition coefficient (Wildman–Crippen LogP) is 2.56. The molecule has 0 radical (unpaired) electrons. The van der Waals surface area contributed by atoms with Crippen molar-refractivity contribution < 1.29 is 13.5 Å². The summed E-state index contributed by atoms with van der Waals surface area (Å²) in [5.41, 5.74) is 6.65. The molecule has 5 nitrogen and oxygen atoms in total. The van der Waals surface area contributed by atoms with Crippen molar-refractivity contribution in [1.82, 2.24) is 4.31 Å². The van der Waals surface area contributed by atoms with E-state index in [0.29, 0.717) is 10.0 Å². The SMILES string of the molecule is CN(Cc1cccc(O)c1)S(=O)(=O)c1cc(Br)ccc1N. The van der Waals surface area contributed by atoms with Crippen molar-refractivity contribution in [2.24, 2.45) is 0 Å². The van der Waals surface area contributed by atoms with Crippen LogP contribution in [0.4, 0.5) is 5.69 Å². The Morgan fingerprint density at radius 2 is 1.95 bits per heavy atom. The van der Waals surface area contributed by atoms with Crippen LogP contribution in [0.25, 0.3) is 0 Å². The number of halogens is 1. The molecule has 0 atom stereocenters. The van der Waals surface area contributed by atoms with Crippen molar-refractivity contribution in [3.05, 3.63) is 52.5 Å². The lowest BCUT2D eigenvalue weighted by Crippen LogP contribution is -2.27. The van der Waals surface area contributed by atoms with E-state index in [1.54, 1.807) is 24.3 Å². The Kier molecular flexibility index (Phi) is 4.55. The topological polar surface area (TPSA) is 83.6 Å². The number of nitrogens with two attached hydrogens (primary N) is 1. The van der Waals surface area contributed by atoms with Crippen LogP contribution in [0.3, 0.4) is 0 Å². The smallest absolute Gasteiger partial charge is 0.245 e. The van der Waals surface area contributed by atoms with Crippen molar-refractivity contribution >= 4 is 31.6 Å². The quantitative estimate of drug-likeness (QED) is 0.810. The second kappa shape index (κ2) is 6.05. The second-order valence-electron chi connectivity index (χ2n) is 4.61. The number of aromatic hydroxyl groups is 1. The number of benzene rings is 2. The minimum atomic E-state index is -3.71. The fourth-order valence-electron chi connectivity index (χ4n) is 1.90. The Hall–Kier alpha value is -1.57. The van der Waals surface area contributed by atoms with Gasteiger partial charge in [-0.25, -0.2) is 8.42 Å². The summed E-state index contributed by atoms with van der Waals surface area (Å²) in [7, 11) is -2.23. The summed E-state index contributed by atoms with van der Waals surface area (Å²) < 4.78 is 26.9. The van der Waals surface area contributed by atoms with Gasteiger partial charge in [-0.3, -0.25) is 0 Å². The normalized spacial score (nSPS) is 11.8. The number of phenols is 1. The first kappa shape index (κ1) is 15.8. The van der Waals surface area contributed by atoms with E-state index in [1.165, 1.54) is 29.6 Å². The Labute approximate surface area is 132 Å². The number of hydrogen-bond acceptors (Lipinski definition) is 4. The molecule has 3 N–H and O–H groups in total. The summed E-state index contributed by atoms with van der Waals surface area (Å²) in [5, 5.41) is 9.43. The van der Waals surface area contributed by atoms with Gasteiger partial charge in [-0.15, -0.1) is 0 Å². The highest BCUT2D eigenvalue weighted by atomic mass is 79.9. The molecule has 0 unspecified atom stereocenters. The van der Waals surface area contributed by atoms with Gasteiger partial charge >= 0.3 is 0 Å². The van der Waals surface area contributed by atoms with Crippen LogP contribution in [0, 0.1) is 0 Å². The average molecular weight is 371 g/mol. The van der Waals surface area contributed by atoms with Crippen LogP contribution in [-0.4, -0.2) is 24.9 Å². The predicted molar refractivity (Wildman–Crippen MR) is 85.3 cm³/mol. The number of phenolic OH excluding ortho intramolecular Hbond substituents is 1. The van der Waals surface area contributed by atoms with Gasteiger partial charge in [0.05, 0.1) is 5.69 Å². The highest BCUT2D eigenvalue weighted by Gasteiger charge is 2.23. The second-order valence-corrected chi connectivity index (χ2v) is 7.54. The van der Waals surface area contributed by atoms with E-state index in [2.05, 4.69) is 15.9 Å². The van der Waals surface area contributed by atoms with Crippen LogP contribution >= 0.6 is 15.9 Å². The van der Waals surface area contributed by atoms with Crippen molar-refractivity contribution in [1.29, 1.82) is 0 Å². The number of nitrogen functional groups attached to an aromatic ring is 1. The largest absolute Gasteiger partial charge is 0.508 e. The minimum absolute atomic E-state index is 0.0551. The first-order valence-electron chi connectivity index (χ1n) is 6.10. The van der Waals surface area contributed by atoms with Crippen LogP contribution in [0.15, 0.2) is 51.8 Å². The summed E-state index contributed by atoms with van der Waals surface area (Å²) >= 11 is 3.24. The van der Waals surface area contributed by atoms with Gasteiger partial charge in [0.1, 0.15) is 10.6 Å². The number of sulfonamides is 1. The van der Waals surface area contributed by atoms with E-state index in [-0.39, 0.29) is 22.9 Å². The molecule has 21 heavy (non-hydrogen) atoms. The number of rotatable bonds is 4. The molecular weight excluding hydrogens is 356 g/mol. The van der Waals surface area contributed by atoms with Crippen molar-refractivity contribution in [3.63, 3.8) is 0 Å². The third-order valence-corrected chi connectivity index (χ3v) is 5.33. The van der Waals surface area contributed by atoms with Crippen LogP contribution in [0.5, 0.6) is 5.75 Å². The maximum atomic E-state index is 12.6. The monoisotopic (exact) mass is 370 g/mol. The summed E-state index contributed by atoms with van der Waals surface area (Å²) in [5.74, 6) is 0.0975. The molecule has 2 rings (SSSR count). The Morgan fingerprint density at radius 1 is 1.24 bits per heavy atom. The molecule has 0 amide bonds. The lowest BCUT2D eigenvalue weighted by atomic mass is 10.2. The Balaban J connectivity index is 2.33. The molecule has 0 saturated carbocycles. The standard InChI is InChI=1S/C14H15BrN2O3S/c1-17(9-10-3-2-4-12(18)7-10)21(19,20)14-8-11(15)5-6-13(14)16/h2-8,18H,9,16H2,1H3. The third kappa shape index (κ3) is 3.55. The van der Waals surface area contributed by atoms with Gasteiger partial charge < -0.3 is 10.8 Å². The maximum Gasteiger partial charge on any atom is 0.245 e. The van der Waals surface area contributed by atoms with E-state index >= 15 is 0 Å². The first-order valence-corrected chi connectivity index (χ1v) is 8.33. The molecule has 2 aromatic carbocycles. The minimum Gasteiger partial charge on any atom is -0.508 e. The summed E-state index contributed by atoms with van der Waals surface area (Å²) in [6, 6.07) is 11.2. The number of anilines is 1. The summed E-state index contributed by atoms with van der Waals surface area (Å²) in [6.45, 7) is 0.142. The fraction of sp³-hybridized carbons (Fsp3) is 0.143. The lowest BCUT2D eigenvalue weighted by Gasteiger charge is -2.18. The molecule has 0 heterocycles. The highest BCUT2D eigenvalue weighted by molar-refractivity contribution is 9.10. The van der Waals surface area contributed by atoms with E-state index < -0.39 is 10.0 Å². The molecule has 112 valence electrons. The van der Waals surface area contributed by atoms with Gasteiger partial charge in [-0.1, -0.05) is 28.1 Å². The molecule has 7 heteroatoms. The van der Waals surface area contributed by atoms with Gasteiger partial charge in [0.2, 0.25) is 10.0 Å². The third-order valence-electron chi connectivity index (χ3n) is 2.98. The molecule has 0 aliphatic heterocycles. The zero-order valence-corrected chi connectivity index (χ0v) is 13.7. The van der Waals surface area contributed by atoms with Crippen molar-refractivity contribution in [2.45, 2.75) is 11.4 Å². The van der Waals surface area contributed by atoms with Crippen LogP contribution in [-0.2, 0) is 16.6 Å². The number of hydrogen-bond donors (Lipinski definition) is 2. The van der Waals surface area contributed by atoms with E-state index in [9.17, 15) is 13.5 Å². The molecule has 0 aromatic heterocycles. The lowest BCUT2D eigenvalue weighted by molar-refractivity contribution is 0.458. The molecule has 0 bridgehead atoms. The van der Waals surface area contributed by atoms with Gasteiger partial charge in [-0.05, 0) is 35.9 Å². The van der Waals surface area contributed by atoms with Crippen molar-refractivity contribution in [3.8, 4) is 5.75 Å². The molecule has 0 spiro atoms. The summed E-state index contributed by atoms with van der Waals surface area (Å²) in [6.07, 6.45) is 0. The van der Waals surface area contributed by atoms with Gasteiger partial charge in [0.25, 0.3) is 0 Å². The number of nitrogens with zero attached hydrogens (tertiary/aromatic N) is 1. The Morgan fingerprint density at radius 3 is 2.62 bits per heavy atom. The molecule has 2 aromatic rings. The Bertz CT molecular complexity index is 763. The molecule has 0 fully saturated rings. The zero-order chi connectivity index (χ0) is 15.6. The van der Waals surface area contributed by atoms with Crippen LogP contribution in [0.1, 0.15) is 5.56 Å². The van der Waals surface area contributed by atoms with Gasteiger partial charge in [-0.2, -0.15) is 4.31 Å². The van der Waals surface area contributed by atoms with E-state index in [4.69, 9.17) is 5.73 Å². The molecule has 0 aliphatic rings. The average Bonchev–Trinajstić information content (AvgIpc) is 2.41. The van der Waals surface area contributed by atoms with Gasteiger partial charge in [0.15, 0.2) is 0 Å². The summed E-state index contributed by atoms with van der Waals surface area (Å²) in [4.78, 5) is 0.0551. The highest BCUT2D eigenvalue weighted by Crippen LogP contribution is 2.26. The molecular formula is C14H15BrN2O3S. The van der Waals surface area contributed by atoms with E-state index in [0.717, 1.165) is 0 Å². The fourth-order valence-corrected chi connectivity index (χ4v) is 3.71. The van der Waals surface area contributed by atoms with Gasteiger partial charge in [0, 0.05) is 18.1 Å². The maximum absolute atomic E-state index is 12.6. The first-order chi connectivity index (χ1) is 9.80. The van der Waals surface area contributed by atoms with Crippen molar-refractivity contribution in [2.75, 3.05) is 12.8 Å². The molecule has 0 aliphatic carbocycles. The zero-order valence-electron chi connectivity index (χ0n) is 11.3.